The lowest BCUT2D eigenvalue weighted by molar-refractivity contribution is -0.0111. The Morgan fingerprint density at radius 1 is 1.05 bits per heavy atom. The average molecular weight is 287 g/mol. The zero-order valence-electron chi connectivity index (χ0n) is 12.0. The van der Waals surface area contributed by atoms with E-state index in [9.17, 15) is 5.11 Å². The number of rotatable bonds is 1. The number of fused-ring (bicyclic) bond motifs is 2. The third kappa shape index (κ3) is 2.00. The second kappa shape index (κ2) is 4.94. The standard InChI is InChI=1S/C15H21N5O/c16-14-13-15(18-7-17-14)20(8-19-13)11-5-1-4-10-9(11)3-2-6-12(10)21/h7-12,21H,1-6H2,(H2,16,17,18)/t9-,10?,11?,12-/m0/s1. The van der Waals surface area contributed by atoms with E-state index in [0.29, 0.717) is 29.2 Å². The van der Waals surface area contributed by atoms with Gasteiger partial charge in [-0.1, -0.05) is 12.8 Å². The highest BCUT2D eigenvalue weighted by Gasteiger charge is 2.40. The maximum atomic E-state index is 10.3. The summed E-state index contributed by atoms with van der Waals surface area (Å²) in [7, 11) is 0. The van der Waals surface area contributed by atoms with Gasteiger partial charge in [0.25, 0.3) is 0 Å². The summed E-state index contributed by atoms with van der Waals surface area (Å²) in [5, 5.41) is 10.3. The molecule has 4 atom stereocenters. The van der Waals surface area contributed by atoms with Gasteiger partial charge in [-0.3, -0.25) is 0 Å². The molecule has 0 spiro atoms. The summed E-state index contributed by atoms with van der Waals surface area (Å²) in [4.78, 5) is 12.8. The minimum Gasteiger partial charge on any atom is -0.393 e. The fraction of sp³-hybridized carbons (Fsp3) is 0.667. The number of anilines is 1. The van der Waals surface area contributed by atoms with E-state index >= 15 is 0 Å². The van der Waals surface area contributed by atoms with Gasteiger partial charge in [0.1, 0.15) is 11.8 Å². The Kier molecular flexibility index (Phi) is 3.06. The molecule has 6 nitrogen and oxygen atoms in total. The predicted octanol–water partition coefficient (Wildman–Crippen LogP) is 1.91. The van der Waals surface area contributed by atoms with Crippen molar-refractivity contribution in [3.8, 4) is 0 Å². The van der Waals surface area contributed by atoms with Crippen molar-refractivity contribution in [3.05, 3.63) is 12.7 Å². The van der Waals surface area contributed by atoms with Gasteiger partial charge in [0.2, 0.25) is 0 Å². The number of aliphatic hydroxyl groups excluding tert-OH is 1. The summed E-state index contributed by atoms with van der Waals surface area (Å²) in [6, 6.07) is 0.373. The lowest BCUT2D eigenvalue weighted by Crippen LogP contribution is -2.40. The maximum Gasteiger partial charge on any atom is 0.165 e. The van der Waals surface area contributed by atoms with E-state index in [1.54, 1.807) is 0 Å². The smallest absolute Gasteiger partial charge is 0.165 e. The number of imidazole rings is 1. The molecule has 2 saturated carbocycles. The molecule has 4 rings (SSSR count). The van der Waals surface area contributed by atoms with Crippen LogP contribution in [0, 0.1) is 11.8 Å². The third-order valence-corrected chi connectivity index (χ3v) is 5.36. The molecule has 2 aromatic rings. The number of hydrogen-bond donors (Lipinski definition) is 2. The van der Waals surface area contributed by atoms with E-state index in [1.807, 2.05) is 6.33 Å². The molecule has 0 aromatic carbocycles. The molecule has 2 aliphatic carbocycles. The van der Waals surface area contributed by atoms with Crippen LogP contribution in [0.1, 0.15) is 44.6 Å². The van der Waals surface area contributed by atoms with Crippen LogP contribution in [0.4, 0.5) is 5.82 Å². The molecule has 2 aliphatic rings. The van der Waals surface area contributed by atoms with Crippen LogP contribution >= 0.6 is 0 Å². The molecule has 2 fully saturated rings. The van der Waals surface area contributed by atoms with Crippen LogP contribution < -0.4 is 5.73 Å². The van der Waals surface area contributed by atoms with Crippen molar-refractivity contribution in [2.24, 2.45) is 11.8 Å². The van der Waals surface area contributed by atoms with Crippen LogP contribution in [0.3, 0.4) is 0 Å². The molecule has 2 heterocycles. The fourth-order valence-electron chi connectivity index (χ4n) is 4.40. The van der Waals surface area contributed by atoms with Gasteiger partial charge in [0.15, 0.2) is 11.5 Å². The highest BCUT2D eigenvalue weighted by Crippen LogP contribution is 2.46. The van der Waals surface area contributed by atoms with Crippen molar-refractivity contribution in [1.82, 2.24) is 19.5 Å². The van der Waals surface area contributed by atoms with Crippen molar-refractivity contribution in [3.63, 3.8) is 0 Å². The average Bonchev–Trinajstić information content (AvgIpc) is 2.92. The van der Waals surface area contributed by atoms with Gasteiger partial charge in [0.05, 0.1) is 12.4 Å². The zero-order chi connectivity index (χ0) is 14.4. The normalized spacial score (nSPS) is 33.0. The van der Waals surface area contributed by atoms with Gasteiger partial charge in [0, 0.05) is 6.04 Å². The lowest BCUT2D eigenvalue weighted by Gasteiger charge is -2.44. The van der Waals surface area contributed by atoms with Crippen molar-refractivity contribution in [2.45, 2.75) is 50.7 Å². The maximum absolute atomic E-state index is 10.3. The predicted molar refractivity (Wildman–Crippen MR) is 79.5 cm³/mol. The van der Waals surface area contributed by atoms with Gasteiger partial charge in [-0.05, 0) is 37.5 Å². The molecule has 112 valence electrons. The Hall–Kier alpha value is -1.69. The first-order chi connectivity index (χ1) is 10.3. The first kappa shape index (κ1) is 13.0. The Labute approximate surface area is 123 Å². The third-order valence-electron chi connectivity index (χ3n) is 5.36. The van der Waals surface area contributed by atoms with Gasteiger partial charge in [-0.25, -0.2) is 15.0 Å². The van der Waals surface area contributed by atoms with Crippen LogP contribution in [0.5, 0.6) is 0 Å². The number of hydrogen-bond acceptors (Lipinski definition) is 5. The summed E-state index contributed by atoms with van der Waals surface area (Å²) >= 11 is 0. The number of nitrogens with two attached hydrogens (primary N) is 1. The molecule has 0 saturated heterocycles. The summed E-state index contributed by atoms with van der Waals surface area (Å²) in [5.41, 5.74) is 7.40. The van der Waals surface area contributed by atoms with E-state index < -0.39 is 0 Å². The van der Waals surface area contributed by atoms with Gasteiger partial charge < -0.3 is 15.4 Å². The van der Waals surface area contributed by atoms with Crippen LogP contribution in [0.25, 0.3) is 11.2 Å². The Morgan fingerprint density at radius 3 is 2.76 bits per heavy atom. The van der Waals surface area contributed by atoms with Crippen molar-refractivity contribution >= 4 is 17.0 Å². The number of aliphatic hydroxyl groups is 1. The first-order valence-corrected chi connectivity index (χ1v) is 7.87. The quantitative estimate of drug-likeness (QED) is 0.836. The molecule has 2 unspecified atom stereocenters. The largest absolute Gasteiger partial charge is 0.393 e. The van der Waals surface area contributed by atoms with Crippen LogP contribution in [0.2, 0.25) is 0 Å². The topological polar surface area (TPSA) is 89.9 Å². The van der Waals surface area contributed by atoms with Crippen molar-refractivity contribution in [2.75, 3.05) is 5.73 Å². The molecule has 0 radical (unpaired) electrons. The second-order valence-corrected chi connectivity index (χ2v) is 6.41. The van der Waals surface area contributed by atoms with Gasteiger partial charge in [-0.15, -0.1) is 0 Å². The Balaban J connectivity index is 1.75. The van der Waals surface area contributed by atoms with E-state index in [1.165, 1.54) is 12.7 Å². The monoisotopic (exact) mass is 287 g/mol. The molecular weight excluding hydrogens is 266 g/mol. The highest BCUT2D eigenvalue weighted by molar-refractivity contribution is 5.81. The Bertz CT molecular complexity index is 655. The molecule has 21 heavy (non-hydrogen) atoms. The number of nitrogens with zero attached hydrogens (tertiary/aromatic N) is 4. The lowest BCUT2D eigenvalue weighted by atomic mass is 9.67. The first-order valence-electron chi connectivity index (χ1n) is 7.87. The molecule has 0 aliphatic heterocycles. The number of aromatic nitrogens is 4. The van der Waals surface area contributed by atoms with Gasteiger partial charge in [-0.2, -0.15) is 0 Å². The molecule has 6 heteroatoms. The molecule has 0 bridgehead atoms. The molecular formula is C15H21N5O. The van der Waals surface area contributed by atoms with E-state index in [4.69, 9.17) is 5.73 Å². The summed E-state index contributed by atoms with van der Waals surface area (Å²) in [6.45, 7) is 0. The molecule has 2 aromatic heterocycles. The van der Waals surface area contributed by atoms with Gasteiger partial charge >= 0.3 is 0 Å². The fourth-order valence-corrected chi connectivity index (χ4v) is 4.40. The van der Waals surface area contributed by atoms with E-state index in [2.05, 4.69) is 19.5 Å². The SMILES string of the molecule is Nc1ncnc2c1ncn2C1CCCC2[C@@H]1CCC[C@@H]2O. The minimum absolute atomic E-state index is 0.138. The molecule has 3 N–H and O–H groups in total. The van der Waals surface area contributed by atoms with Crippen molar-refractivity contribution in [1.29, 1.82) is 0 Å². The second-order valence-electron chi connectivity index (χ2n) is 6.41. The van der Waals surface area contributed by atoms with Crippen molar-refractivity contribution < 1.29 is 5.11 Å². The van der Waals surface area contributed by atoms with E-state index in [0.717, 1.165) is 37.8 Å². The summed E-state index contributed by atoms with van der Waals surface area (Å²) in [5.74, 6) is 1.39. The minimum atomic E-state index is -0.138. The van der Waals surface area contributed by atoms with Crippen LogP contribution in [0.15, 0.2) is 12.7 Å². The summed E-state index contributed by atoms with van der Waals surface area (Å²) < 4.78 is 2.17. The zero-order valence-corrected chi connectivity index (χ0v) is 12.0. The molecule has 0 amide bonds. The van der Waals surface area contributed by atoms with Crippen LogP contribution in [-0.4, -0.2) is 30.7 Å². The summed E-state index contributed by atoms with van der Waals surface area (Å²) in [6.07, 6.45) is 9.90. The van der Waals surface area contributed by atoms with E-state index in [-0.39, 0.29) is 6.10 Å². The Morgan fingerprint density at radius 2 is 1.86 bits per heavy atom. The number of nitrogen functional groups attached to an aromatic ring is 1. The van der Waals surface area contributed by atoms with Crippen LogP contribution in [-0.2, 0) is 0 Å². The highest BCUT2D eigenvalue weighted by atomic mass is 16.3.